The van der Waals surface area contributed by atoms with E-state index in [1.807, 2.05) is 18.2 Å². The van der Waals surface area contributed by atoms with Crippen molar-refractivity contribution >= 4 is 0 Å². The molecule has 18 heavy (non-hydrogen) atoms. The SMILES string of the molecule is COc1ccc(CCNC(CO)CO)cc1OC. The van der Waals surface area contributed by atoms with Gasteiger partial charge in [0.1, 0.15) is 0 Å². The van der Waals surface area contributed by atoms with Gasteiger partial charge >= 0.3 is 0 Å². The lowest BCUT2D eigenvalue weighted by Crippen LogP contribution is -2.36. The van der Waals surface area contributed by atoms with E-state index in [9.17, 15) is 0 Å². The van der Waals surface area contributed by atoms with Crippen LogP contribution in [0.4, 0.5) is 0 Å². The number of methoxy groups -OCH3 is 2. The quantitative estimate of drug-likeness (QED) is 0.618. The molecule has 0 radical (unpaired) electrons. The minimum atomic E-state index is -0.259. The van der Waals surface area contributed by atoms with Crippen molar-refractivity contribution in [2.75, 3.05) is 34.0 Å². The number of aliphatic hydroxyl groups is 2. The molecule has 0 heterocycles. The lowest BCUT2D eigenvalue weighted by molar-refractivity contribution is 0.171. The van der Waals surface area contributed by atoms with E-state index in [2.05, 4.69) is 5.32 Å². The lowest BCUT2D eigenvalue weighted by atomic mass is 10.1. The van der Waals surface area contributed by atoms with Crippen molar-refractivity contribution in [3.05, 3.63) is 23.8 Å². The molecule has 0 saturated carbocycles. The first-order valence-electron chi connectivity index (χ1n) is 5.91. The Labute approximate surface area is 107 Å². The third-order valence-electron chi connectivity index (χ3n) is 2.74. The van der Waals surface area contributed by atoms with Gasteiger partial charge in [0.25, 0.3) is 0 Å². The van der Waals surface area contributed by atoms with Gasteiger partial charge in [0.05, 0.1) is 33.5 Å². The van der Waals surface area contributed by atoms with Crippen LogP contribution in [0.2, 0.25) is 0 Å². The van der Waals surface area contributed by atoms with Gasteiger partial charge in [-0.15, -0.1) is 0 Å². The molecule has 0 spiro atoms. The highest BCUT2D eigenvalue weighted by molar-refractivity contribution is 5.42. The maximum absolute atomic E-state index is 8.91. The van der Waals surface area contributed by atoms with Crippen molar-refractivity contribution in [1.82, 2.24) is 5.32 Å². The zero-order valence-electron chi connectivity index (χ0n) is 10.8. The van der Waals surface area contributed by atoms with Crippen LogP contribution in [0.1, 0.15) is 5.56 Å². The third kappa shape index (κ3) is 4.18. The Balaban J connectivity index is 2.52. The Bertz CT molecular complexity index is 353. The van der Waals surface area contributed by atoms with Crippen LogP contribution in [0.15, 0.2) is 18.2 Å². The number of hydrogen-bond donors (Lipinski definition) is 3. The highest BCUT2D eigenvalue weighted by atomic mass is 16.5. The summed E-state index contributed by atoms with van der Waals surface area (Å²) in [4.78, 5) is 0. The van der Waals surface area contributed by atoms with Gasteiger partial charge in [-0.1, -0.05) is 6.07 Å². The molecule has 0 aliphatic heterocycles. The van der Waals surface area contributed by atoms with Gasteiger partial charge in [0.15, 0.2) is 11.5 Å². The van der Waals surface area contributed by atoms with E-state index in [1.54, 1.807) is 14.2 Å². The van der Waals surface area contributed by atoms with Gasteiger partial charge in [0.2, 0.25) is 0 Å². The Morgan fingerprint density at radius 2 is 1.78 bits per heavy atom. The van der Waals surface area contributed by atoms with Crippen molar-refractivity contribution in [1.29, 1.82) is 0 Å². The number of ether oxygens (including phenoxy) is 2. The Morgan fingerprint density at radius 1 is 1.11 bits per heavy atom. The largest absolute Gasteiger partial charge is 0.493 e. The molecule has 0 atom stereocenters. The maximum atomic E-state index is 8.91. The highest BCUT2D eigenvalue weighted by Crippen LogP contribution is 2.27. The summed E-state index contributed by atoms with van der Waals surface area (Å²) in [5.74, 6) is 1.41. The van der Waals surface area contributed by atoms with Crippen LogP contribution in [-0.4, -0.2) is 50.2 Å². The first kappa shape index (κ1) is 14.8. The molecule has 5 nitrogen and oxygen atoms in total. The second-order valence-electron chi connectivity index (χ2n) is 3.96. The molecule has 0 amide bonds. The van der Waals surface area contributed by atoms with Gasteiger partial charge in [-0.2, -0.15) is 0 Å². The Kier molecular flexibility index (Phi) is 6.49. The topological polar surface area (TPSA) is 71.0 Å². The first-order valence-corrected chi connectivity index (χ1v) is 5.91. The summed E-state index contributed by atoms with van der Waals surface area (Å²) in [5.41, 5.74) is 1.11. The summed E-state index contributed by atoms with van der Waals surface area (Å²) < 4.78 is 10.4. The van der Waals surface area contributed by atoms with Crippen molar-refractivity contribution in [3.63, 3.8) is 0 Å². The molecule has 0 fully saturated rings. The molecular weight excluding hydrogens is 234 g/mol. The van der Waals surface area contributed by atoms with E-state index >= 15 is 0 Å². The minimum absolute atomic E-state index is 0.0670. The fourth-order valence-electron chi connectivity index (χ4n) is 1.64. The summed E-state index contributed by atoms with van der Waals surface area (Å²) in [7, 11) is 3.21. The van der Waals surface area contributed by atoms with E-state index in [-0.39, 0.29) is 19.3 Å². The number of nitrogens with one attached hydrogen (secondary N) is 1. The number of aliphatic hydroxyl groups excluding tert-OH is 2. The standard InChI is InChI=1S/C13H21NO4/c1-17-12-4-3-10(7-13(12)18-2)5-6-14-11(8-15)9-16/h3-4,7,11,14-16H,5-6,8-9H2,1-2H3. The van der Waals surface area contributed by atoms with Gasteiger partial charge in [-0.3, -0.25) is 0 Å². The molecule has 0 bridgehead atoms. The Morgan fingerprint density at radius 3 is 2.33 bits per heavy atom. The van der Waals surface area contributed by atoms with Crippen LogP contribution in [-0.2, 0) is 6.42 Å². The van der Waals surface area contributed by atoms with Gasteiger partial charge in [0, 0.05) is 0 Å². The van der Waals surface area contributed by atoms with Crippen molar-refractivity contribution in [3.8, 4) is 11.5 Å². The molecule has 3 N–H and O–H groups in total. The van der Waals surface area contributed by atoms with Crippen LogP contribution in [0.25, 0.3) is 0 Å². The van der Waals surface area contributed by atoms with Crippen LogP contribution >= 0.6 is 0 Å². The smallest absolute Gasteiger partial charge is 0.160 e. The van der Waals surface area contributed by atoms with Crippen molar-refractivity contribution in [2.45, 2.75) is 12.5 Å². The zero-order chi connectivity index (χ0) is 13.4. The molecule has 0 aromatic heterocycles. The summed E-state index contributed by atoms with van der Waals surface area (Å²) in [6.07, 6.45) is 0.789. The number of rotatable bonds is 8. The summed E-state index contributed by atoms with van der Waals surface area (Å²) >= 11 is 0. The van der Waals surface area contributed by atoms with E-state index in [1.165, 1.54) is 0 Å². The maximum Gasteiger partial charge on any atom is 0.160 e. The molecule has 1 rings (SSSR count). The fourth-order valence-corrected chi connectivity index (χ4v) is 1.64. The monoisotopic (exact) mass is 255 g/mol. The summed E-state index contributed by atoms with van der Waals surface area (Å²) in [6, 6.07) is 5.50. The Hall–Kier alpha value is -1.30. The predicted octanol–water partition coefficient (Wildman–Crippen LogP) is 0.189. The third-order valence-corrected chi connectivity index (χ3v) is 2.74. The average molecular weight is 255 g/mol. The van der Waals surface area contributed by atoms with Crippen molar-refractivity contribution in [2.24, 2.45) is 0 Å². The lowest BCUT2D eigenvalue weighted by Gasteiger charge is -2.14. The molecule has 0 aliphatic rings. The van der Waals surface area contributed by atoms with Gasteiger partial charge in [-0.25, -0.2) is 0 Å². The second kappa shape index (κ2) is 7.92. The molecule has 0 aliphatic carbocycles. The molecule has 1 aromatic rings. The molecule has 1 aromatic carbocycles. The van der Waals surface area contributed by atoms with Gasteiger partial charge in [-0.05, 0) is 30.7 Å². The molecular formula is C13H21NO4. The average Bonchev–Trinajstić information content (AvgIpc) is 2.43. The van der Waals surface area contributed by atoms with Crippen molar-refractivity contribution < 1.29 is 19.7 Å². The highest BCUT2D eigenvalue weighted by Gasteiger charge is 2.06. The van der Waals surface area contributed by atoms with Crippen LogP contribution in [0.3, 0.4) is 0 Å². The van der Waals surface area contributed by atoms with Crippen LogP contribution < -0.4 is 14.8 Å². The van der Waals surface area contributed by atoms with Crippen LogP contribution in [0.5, 0.6) is 11.5 Å². The van der Waals surface area contributed by atoms with E-state index in [4.69, 9.17) is 19.7 Å². The number of hydrogen-bond acceptors (Lipinski definition) is 5. The van der Waals surface area contributed by atoms with E-state index in [0.717, 1.165) is 12.0 Å². The minimum Gasteiger partial charge on any atom is -0.493 e. The summed E-state index contributed by atoms with van der Waals surface area (Å²) in [6.45, 7) is 0.548. The first-order chi connectivity index (χ1) is 8.74. The second-order valence-corrected chi connectivity index (χ2v) is 3.96. The van der Waals surface area contributed by atoms with Crippen LogP contribution in [0, 0.1) is 0 Å². The predicted molar refractivity (Wildman–Crippen MR) is 69.2 cm³/mol. The van der Waals surface area contributed by atoms with Gasteiger partial charge < -0.3 is 25.0 Å². The van der Waals surface area contributed by atoms with E-state index < -0.39 is 0 Å². The fraction of sp³-hybridized carbons (Fsp3) is 0.538. The molecule has 0 unspecified atom stereocenters. The normalized spacial score (nSPS) is 10.7. The summed E-state index contributed by atoms with van der Waals surface area (Å²) in [5, 5.41) is 20.9. The number of benzene rings is 1. The molecule has 102 valence electrons. The van der Waals surface area contributed by atoms with E-state index in [0.29, 0.717) is 18.0 Å². The molecule has 5 heteroatoms. The molecule has 0 saturated heterocycles. The zero-order valence-corrected chi connectivity index (χ0v) is 10.8.